The van der Waals surface area contributed by atoms with Crippen molar-refractivity contribution in [3.63, 3.8) is 0 Å². The van der Waals surface area contributed by atoms with Gasteiger partial charge in [0.25, 0.3) is 0 Å². The van der Waals surface area contributed by atoms with Crippen molar-refractivity contribution in [3.8, 4) is 0 Å². The van der Waals surface area contributed by atoms with Gasteiger partial charge in [-0.15, -0.1) is 10.2 Å². The van der Waals surface area contributed by atoms with E-state index in [1.54, 1.807) is 12.6 Å². The van der Waals surface area contributed by atoms with Gasteiger partial charge in [0, 0.05) is 12.6 Å². The number of aromatic nitrogens is 3. The van der Waals surface area contributed by atoms with E-state index in [4.69, 9.17) is 4.42 Å². The number of hydrogen-bond acceptors (Lipinski definition) is 4. The van der Waals surface area contributed by atoms with Gasteiger partial charge in [-0.3, -0.25) is 4.90 Å². The standard InChI is InChI=1S/C15H22N4O/c1-12(2)19-11-16-17-15(19)10-18(4)9-13(3)8-14-6-5-7-20-14/h5-8,11-12H,9-10H2,1-4H3. The molecule has 0 aliphatic carbocycles. The smallest absolute Gasteiger partial charge is 0.147 e. The van der Waals surface area contributed by atoms with Crippen LogP contribution in [-0.2, 0) is 6.54 Å². The summed E-state index contributed by atoms with van der Waals surface area (Å²) >= 11 is 0. The van der Waals surface area contributed by atoms with E-state index < -0.39 is 0 Å². The zero-order valence-corrected chi connectivity index (χ0v) is 12.6. The molecular formula is C15H22N4O. The Morgan fingerprint density at radius 3 is 2.95 bits per heavy atom. The molecule has 0 aliphatic heterocycles. The van der Waals surface area contributed by atoms with E-state index in [-0.39, 0.29) is 0 Å². The van der Waals surface area contributed by atoms with Crippen molar-refractivity contribution in [1.29, 1.82) is 0 Å². The molecule has 0 fully saturated rings. The number of furan rings is 1. The Morgan fingerprint density at radius 2 is 2.30 bits per heavy atom. The number of hydrogen-bond donors (Lipinski definition) is 0. The second kappa shape index (κ2) is 6.52. The Kier molecular flexibility index (Phi) is 4.74. The van der Waals surface area contributed by atoms with Crippen molar-refractivity contribution in [2.75, 3.05) is 13.6 Å². The molecular weight excluding hydrogens is 252 g/mol. The highest BCUT2D eigenvalue weighted by atomic mass is 16.3. The Hall–Kier alpha value is -1.88. The summed E-state index contributed by atoms with van der Waals surface area (Å²) < 4.78 is 7.42. The summed E-state index contributed by atoms with van der Waals surface area (Å²) in [6, 6.07) is 4.24. The third kappa shape index (κ3) is 3.81. The van der Waals surface area contributed by atoms with Crippen molar-refractivity contribution < 1.29 is 4.42 Å². The zero-order valence-electron chi connectivity index (χ0n) is 12.6. The van der Waals surface area contributed by atoms with E-state index >= 15 is 0 Å². The SMILES string of the molecule is CC(=Cc1ccco1)CN(C)Cc1nncn1C(C)C. The van der Waals surface area contributed by atoms with Crippen LogP contribution in [0.1, 0.15) is 38.4 Å². The van der Waals surface area contributed by atoms with Gasteiger partial charge in [-0.25, -0.2) is 0 Å². The van der Waals surface area contributed by atoms with Crippen LogP contribution in [-0.4, -0.2) is 33.3 Å². The fourth-order valence-electron chi connectivity index (χ4n) is 2.20. The Labute approximate surface area is 119 Å². The van der Waals surface area contributed by atoms with E-state index in [1.165, 1.54) is 5.57 Å². The molecule has 0 saturated heterocycles. The van der Waals surface area contributed by atoms with Gasteiger partial charge in [-0.2, -0.15) is 0 Å². The number of rotatable bonds is 6. The molecule has 20 heavy (non-hydrogen) atoms. The van der Waals surface area contributed by atoms with Gasteiger partial charge < -0.3 is 8.98 Å². The molecule has 2 aromatic rings. The highest BCUT2D eigenvalue weighted by molar-refractivity contribution is 5.46. The van der Waals surface area contributed by atoms with Gasteiger partial charge in [-0.05, 0) is 46.0 Å². The first-order valence-corrected chi connectivity index (χ1v) is 6.84. The average Bonchev–Trinajstić information content (AvgIpc) is 2.99. The minimum Gasteiger partial charge on any atom is -0.465 e. The molecule has 0 saturated carbocycles. The molecule has 0 aliphatic rings. The number of likely N-dealkylation sites (N-methyl/N-ethyl adjacent to an activating group) is 1. The Morgan fingerprint density at radius 1 is 1.50 bits per heavy atom. The third-order valence-electron chi connectivity index (χ3n) is 3.07. The maximum Gasteiger partial charge on any atom is 0.147 e. The topological polar surface area (TPSA) is 47.1 Å². The molecule has 0 N–H and O–H groups in total. The molecule has 2 aromatic heterocycles. The molecule has 0 unspecified atom stereocenters. The van der Waals surface area contributed by atoms with E-state index in [0.29, 0.717) is 6.04 Å². The summed E-state index contributed by atoms with van der Waals surface area (Å²) in [5, 5.41) is 8.19. The van der Waals surface area contributed by atoms with Gasteiger partial charge in [0.2, 0.25) is 0 Å². The summed E-state index contributed by atoms with van der Waals surface area (Å²) in [5.74, 6) is 1.88. The minimum atomic E-state index is 0.383. The van der Waals surface area contributed by atoms with Crippen LogP contribution in [0, 0.1) is 0 Å². The molecule has 0 amide bonds. The lowest BCUT2D eigenvalue weighted by Crippen LogP contribution is -2.22. The average molecular weight is 274 g/mol. The lowest BCUT2D eigenvalue weighted by atomic mass is 10.2. The monoisotopic (exact) mass is 274 g/mol. The normalized spacial score (nSPS) is 12.6. The molecule has 0 spiro atoms. The highest BCUT2D eigenvalue weighted by Crippen LogP contribution is 2.11. The second-order valence-electron chi connectivity index (χ2n) is 5.43. The number of nitrogens with zero attached hydrogens (tertiary/aromatic N) is 4. The van der Waals surface area contributed by atoms with Crippen LogP contribution in [0.15, 0.2) is 34.7 Å². The fraction of sp³-hybridized carbons (Fsp3) is 0.467. The molecule has 108 valence electrons. The quantitative estimate of drug-likeness (QED) is 0.812. The van der Waals surface area contributed by atoms with Crippen molar-refractivity contribution in [2.45, 2.75) is 33.4 Å². The van der Waals surface area contributed by atoms with Crippen LogP contribution >= 0.6 is 0 Å². The highest BCUT2D eigenvalue weighted by Gasteiger charge is 2.10. The van der Waals surface area contributed by atoms with Gasteiger partial charge >= 0.3 is 0 Å². The molecule has 0 aromatic carbocycles. The lowest BCUT2D eigenvalue weighted by molar-refractivity contribution is 0.335. The Bertz CT molecular complexity index is 554. The predicted molar refractivity (Wildman–Crippen MR) is 79.1 cm³/mol. The first-order chi connectivity index (χ1) is 9.56. The molecule has 2 heterocycles. The van der Waals surface area contributed by atoms with Crippen LogP contribution in [0.4, 0.5) is 0 Å². The molecule has 0 atom stereocenters. The summed E-state index contributed by atoms with van der Waals surface area (Å²) in [6.45, 7) is 8.02. The van der Waals surface area contributed by atoms with Crippen LogP contribution in [0.25, 0.3) is 6.08 Å². The molecule has 5 nitrogen and oxygen atoms in total. The summed E-state index contributed by atoms with van der Waals surface area (Å²) in [5.41, 5.74) is 1.25. The largest absolute Gasteiger partial charge is 0.465 e. The van der Waals surface area contributed by atoms with Crippen molar-refractivity contribution >= 4 is 6.08 Å². The summed E-state index contributed by atoms with van der Waals surface area (Å²) in [6.07, 6.45) is 5.54. The third-order valence-corrected chi connectivity index (χ3v) is 3.07. The first-order valence-electron chi connectivity index (χ1n) is 6.84. The molecule has 2 rings (SSSR count). The lowest BCUT2D eigenvalue weighted by Gasteiger charge is -2.18. The van der Waals surface area contributed by atoms with Crippen LogP contribution in [0.3, 0.4) is 0 Å². The van der Waals surface area contributed by atoms with Crippen molar-refractivity contribution in [3.05, 3.63) is 41.9 Å². The Balaban J connectivity index is 1.95. The molecule has 0 radical (unpaired) electrons. The zero-order chi connectivity index (χ0) is 14.5. The minimum absolute atomic E-state index is 0.383. The first kappa shape index (κ1) is 14.5. The van der Waals surface area contributed by atoms with Crippen LogP contribution in [0.5, 0.6) is 0 Å². The van der Waals surface area contributed by atoms with Crippen molar-refractivity contribution in [1.82, 2.24) is 19.7 Å². The van der Waals surface area contributed by atoms with E-state index in [2.05, 4.69) is 53.6 Å². The van der Waals surface area contributed by atoms with Gasteiger partial charge in [0.15, 0.2) is 0 Å². The van der Waals surface area contributed by atoms with Crippen LogP contribution in [0.2, 0.25) is 0 Å². The summed E-state index contributed by atoms with van der Waals surface area (Å²) in [4.78, 5) is 2.22. The molecule has 0 bridgehead atoms. The van der Waals surface area contributed by atoms with E-state index in [1.807, 2.05) is 12.1 Å². The maximum atomic E-state index is 5.32. The van der Waals surface area contributed by atoms with Crippen molar-refractivity contribution in [2.24, 2.45) is 0 Å². The van der Waals surface area contributed by atoms with Crippen LogP contribution < -0.4 is 0 Å². The van der Waals surface area contributed by atoms with Gasteiger partial charge in [0.05, 0.1) is 12.8 Å². The predicted octanol–water partition coefficient (Wildman–Crippen LogP) is 2.99. The van der Waals surface area contributed by atoms with Gasteiger partial charge in [-0.1, -0.05) is 5.57 Å². The summed E-state index contributed by atoms with van der Waals surface area (Å²) in [7, 11) is 2.08. The van der Waals surface area contributed by atoms with E-state index in [9.17, 15) is 0 Å². The van der Waals surface area contributed by atoms with Gasteiger partial charge in [0.1, 0.15) is 17.9 Å². The second-order valence-corrected chi connectivity index (χ2v) is 5.43. The molecule has 5 heteroatoms. The fourth-order valence-corrected chi connectivity index (χ4v) is 2.20. The maximum absolute atomic E-state index is 5.32. The van der Waals surface area contributed by atoms with E-state index in [0.717, 1.165) is 24.7 Å².